The standard InChI is InChI=1S/C54H94O6/c1-4-7-10-13-16-19-21-23-25-27-29-30-32-35-38-41-44-47-53(56)59-50-51(49-58-52(55)46-43-40-37-34-18-15-12-9-6-3)60-54(57)48-45-42-39-36-33-31-28-26-24-22-20-17-14-11-8-5-2/h16,19,23,25,29-30,34-35,37-38,51H,4-15,17-18,20-22,24,26-28,31-33,36,39-50H2,1-3H3/b19-16-,25-23-,30-29-,37-34-,38-35-. The van der Waals surface area contributed by atoms with Gasteiger partial charge in [-0.05, 0) is 77.0 Å². The lowest BCUT2D eigenvalue weighted by atomic mass is 10.0. The van der Waals surface area contributed by atoms with Gasteiger partial charge in [-0.25, -0.2) is 0 Å². The lowest BCUT2D eigenvalue weighted by Gasteiger charge is -2.18. The fourth-order valence-corrected chi connectivity index (χ4v) is 6.91. The Labute approximate surface area is 370 Å². The minimum atomic E-state index is -0.803. The molecule has 0 aliphatic carbocycles. The van der Waals surface area contributed by atoms with Gasteiger partial charge in [-0.1, -0.05) is 210 Å². The summed E-state index contributed by atoms with van der Waals surface area (Å²) >= 11 is 0. The second-order valence-electron chi connectivity index (χ2n) is 16.7. The fraction of sp³-hybridized carbons (Fsp3) is 0.759. The van der Waals surface area contributed by atoms with Crippen molar-refractivity contribution < 1.29 is 28.6 Å². The van der Waals surface area contributed by atoms with Crippen LogP contribution in [0.5, 0.6) is 0 Å². The molecule has 0 saturated carbocycles. The molecule has 0 rings (SSSR count). The summed E-state index contributed by atoms with van der Waals surface area (Å²) in [5, 5.41) is 0. The highest BCUT2D eigenvalue weighted by molar-refractivity contribution is 5.71. The van der Waals surface area contributed by atoms with E-state index in [1.165, 1.54) is 135 Å². The van der Waals surface area contributed by atoms with Gasteiger partial charge in [0.15, 0.2) is 6.10 Å². The van der Waals surface area contributed by atoms with Crippen LogP contribution in [0.1, 0.15) is 245 Å². The maximum absolute atomic E-state index is 12.8. The lowest BCUT2D eigenvalue weighted by Crippen LogP contribution is -2.30. The molecule has 0 amide bonds. The number of rotatable bonds is 45. The van der Waals surface area contributed by atoms with Crippen molar-refractivity contribution in [1.82, 2.24) is 0 Å². The van der Waals surface area contributed by atoms with Gasteiger partial charge in [-0.2, -0.15) is 0 Å². The normalized spacial score (nSPS) is 12.5. The number of allylic oxidation sites excluding steroid dienone is 10. The van der Waals surface area contributed by atoms with E-state index in [0.717, 1.165) is 57.8 Å². The summed E-state index contributed by atoms with van der Waals surface area (Å²) in [6.45, 7) is 6.51. The predicted octanol–water partition coefficient (Wildman–Crippen LogP) is 16.5. The van der Waals surface area contributed by atoms with Gasteiger partial charge < -0.3 is 14.2 Å². The lowest BCUT2D eigenvalue weighted by molar-refractivity contribution is -0.167. The first kappa shape index (κ1) is 57.1. The molecule has 60 heavy (non-hydrogen) atoms. The Bertz CT molecular complexity index is 1100. The van der Waals surface area contributed by atoms with Crippen molar-refractivity contribution in [3.63, 3.8) is 0 Å². The summed E-state index contributed by atoms with van der Waals surface area (Å²) < 4.78 is 16.7. The van der Waals surface area contributed by atoms with Crippen molar-refractivity contribution in [3.8, 4) is 0 Å². The van der Waals surface area contributed by atoms with E-state index in [9.17, 15) is 14.4 Å². The van der Waals surface area contributed by atoms with Crippen molar-refractivity contribution in [3.05, 3.63) is 60.8 Å². The van der Waals surface area contributed by atoms with Crippen molar-refractivity contribution >= 4 is 17.9 Å². The molecule has 0 aromatic rings. The molecule has 1 atom stereocenters. The molecule has 0 aromatic heterocycles. The zero-order valence-electron chi connectivity index (χ0n) is 39.5. The molecule has 0 saturated heterocycles. The van der Waals surface area contributed by atoms with E-state index in [2.05, 4.69) is 81.5 Å². The third-order valence-electron chi connectivity index (χ3n) is 10.7. The van der Waals surface area contributed by atoms with E-state index in [0.29, 0.717) is 25.7 Å². The van der Waals surface area contributed by atoms with Crippen molar-refractivity contribution in [1.29, 1.82) is 0 Å². The minimum absolute atomic E-state index is 0.105. The highest BCUT2D eigenvalue weighted by atomic mass is 16.6. The third kappa shape index (κ3) is 46.2. The first-order chi connectivity index (χ1) is 29.5. The van der Waals surface area contributed by atoms with Crippen LogP contribution in [-0.2, 0) is 28.6 Å². The van der Waals surface area contributed by atoms with Crippen LogP contribution in [-0.4, -0.2) is 37.2 Å². The molecule has 0 aromatic carbocycles. The molecule has 0 spiro atoms. The molecule has 346 valence electrons. The van der Waals surface area contributed by atoms with Crippen LogP contribution in [0.4, 0.5) is 0 Å². The first-order valence-electron chi connectivity index (χ1n) is 25.3. The number of carbonyl (C=O) groups is 3. The van der Waals surface area contributed by atoms with Gasteiger partial charge >= 0.3 is 17.9 Å². The SMILES string of the molecule is CCCCC/C=C\C/C=C\C/C=C\C/C=C\CCCC(=O)OCC(COC(=O)CCC/C=C\CCCCCC)OC(=O)CCCCCCCCCCCCCCCCCC. The molecule has 0 N–H and O–H groups in total. The summed E-state index contributed by atoms with van der Waals surface area (Å²) in [4.78, 5) is 37.8. The molecule has 6 heteroatoms. The molecular weight excluding hydrogens is 745 g/mol. The molecule has 6 nitrogen and oxygen atoms in total. The number of carbonyl (C=O) groups excluding carboxylic acids is 3. The van der Waals surface area contributed by atoms with Crippen LogP contribution in [0.15, 0.2) is 60.8 Å². The smallest absolute Gasteiger partial charge is 0.306 e. The molecular formula is C54H94O6. The Morgan fingerprint density at radius 3 is 1.03 bits per heavy atom. The molecule has 0 fully saturated rings. The topological polar surface area (TPSA) is 78.9 Å². The van der Waals surface area contributed by atoms with Crippen LogP contribution >= 0.6 is 0 Å². The monoisotopic (exact) mass is 839 g/mol. The molecule has 0 aliphatic rings. The number of hydrogen-bond acceptors (Lipinski definition) is 6. The first-order valence-corrected chi connectivity index (χ1v) is 25.3. The molecule has 0 bridgehead atoms. The van der Waals surface area contributed by atoms with Gasteiger partial charge in [0, 0.05) is 19.3 Å². The minimum Gasteiger partial charge on any atom is -0.462 e. The van der Waals surface area contributed by atoms with Crippen molar-refractivity contribution in [2.24, 2.45) is 0 Å². The average molecular weight is 839 g/mol. The van der Waals surface area contributed by atoms with Crippen molar-refractivity contribution in [2.45, 2.75) is 252 Å². The van der Waals surface area contributed by atoms with E-state index < -0.39 is 6.10 Å². The van der Waals surface area contributed by atoms with E-state index in [1.807, 2.05) is 0 Å². The predicted molar refractivity (Wildman–Crippen MR) is 256 cm³/mol. The maximum Gasteiger partial charge on any atom is 0.306 e. The Balaban J connectivity index is 4.42. The van der Waals surface area contributed by atoms with Crippen molar-refractivity contribution in [2.75, 3.05) is 13.2 Å². The van der Waals surface area contributed by atoms with E-state index in [1.54, 1.807) is 0 Å². The second kappa shape index (κ2) is 48.8. The van der Waals surface area contributed by atoms with Crippen LogP contribution < -0.4 is 0 Å². The maximum atomic E-state index is 12.8. The Kier molecular flexibility index (Phi) is 46.4. The van der Waals surface area contributed by atoms with Crippen LogP contribution in [0.2, 0.25) is 0 Å². The summed E-state index contributed by atoms with van der Waals surface area (Å²) in [6, 6.07) is 0. The molecule has 0 radical (unpaired) electrons. The molecule has 0 heterocycles. The van der Waals surface area contributed by atoms with Gasteiger partial charge in [-0.15, -0.1) is 0 Å². The number of hydrogen-bond donors (Lipinski definition) is 0. The Morgan fingerprint density at radius 1 is 0.333 bits per heavy atom. The summed E-state index contributed by atoms with van der Waals surface area (Å²) in [5.41, 5.74) is 0. The second-order valence-corrected chi connectivity index (χ2v) is 16.7. The quantitative estimate of drug-likeness (QED) is 0.0263. The number of esters is 3. The third-order valence-corrected chi connectivity index (χ3v) is 10.7. The van der Waals surface area contributed by atoms with Crippen LogP contribution in [0, 0.1) is 0 Å². The highest BCUT2D eigenvalue weighted by Crippen LogP contribution is 2.15. The van der Waals surface area contributed by atoms with Gasteiger partial charge in [0.05, 0.1) is 0 Å². The highest BCUT2D eigenvalue weighted by Gasteiger charge is 2.19. The van der Waals surface area contributed by atoms with Gasteiger partial charge in [0.1, 0.15) is 13.2 Å². The number of ether oxygens (including phenoxy) is 3. The summed E-state index contributed by atoms with van der Waals surface area (Å²) in [7, 11) is 0. The van der Waals surface area contributed by atoms with Gasteiger partial charge in [0.25, 0.3) is 0 Å². The van der Waals surface area contributed by atoms with Crippen LogP contribution in [0.25, 0.3) is 0 Å². The molecule has 0 aliphatic heterocycles. The van der Waals surface area contributed by atoms with Crippen LogP contribution in [0.3, 0.4) is 0 Å². The van der Waals surface area contributed by atoms with E-state index >= 15 is 0 Å². The fourth-order valence-electron chi connectivity index (χ4n) is 6.91. The average Bonchev–Trinajstić information content (AvgIpc) is 3.24. The zero-order valence-corrected chi connectivity index (χ0v) is 39.5. The van der Waals surface area contributed by atoms with E-state index in [4.69, 9.17) is 14.2 Å². The summed E-state index contributed by atoms with van der Waals surface area (Å²) in [6.07, 6.45) is 59.3. The Morgan fingerprint density at radius 2 is 0.617 bits per heavy atom. The largest absolute Gasteiger partial charge is 0.462 e. The van der Waals surface area contributed by atoms with Gasteiger partial charge in [-0.3, -0.25) is 14.4 Å². The Hall–Kier alpha value is -2.89. The molecule has 1 unspecified atom stereocenters. The van der Waals surface area contributed by atoms with Gasteiger partial charge in [0.2, 0.25) is 0 Å². The van der Waals surface area contributed by atoms with E-state index in [-0.39, 0.29) is 37.5 Å². The summed E-state index contributed by atoms with van der Waals surface area (Å²) in [5.74, 6) is -0.991. The number of unbranched alkanes of at least 4 members (excludes halogenated alkanes) is 24. The zero-order chi connectivity index (χ0) is 43.7.